The highest BCUT2D eigenvalue weighted by Crippen LogP contribution is 2.43. The molecule has 9 heteroatoms. The fourth-order valence-electron chi connectivity index (χ4n) is 5.60. The number of phenols is 3. The number of rotatable bonds is 6. The topological polar surface area (TPSA) is 122 Å². The van der Waals surface area contributed by atoms with Gasteiger partial charge in [-0.2, -0.15) is 0 Å². The number of amides is 3. The first-order chi connectivity index (χ1) is 17.4. The Labute approximate surface area is 212 Å². The molecule has 3 saturated heterocycles. The molecule has 3 aliphatic rings. The highest BCUT2D eigenvalue weighted by Gasteiger charge is 2.31. The first-order valence-electron chi connectivity index (χ1n) is 13.5. The Morgan fingerprint density at radius 3 is 0.889 bits per heavy atom. The maximum atomic E-state index is 13.0. The van der Waals surface area contributed by atoms with Crippen LogP contribution in [0, 0.1) is 0 Å². The molecule has 3 fully saturated rings. The summed E-state index contributed by atoms with van der Waals surface area (Å²) in [4.78, 5) is 44.2. The van der Waals surface area contributed by atoms with Gasteiger partial charge in [-0.05, 0) is 57.8 Å². The quantitative estimate of drug-likeness (QED) is 0.551. The van der Waals surface area contributed by atoms with Gasteiger partial charge in [-0.15, -0.1) is 0 Å². The Morgan fingerprint density at radius 1 is 0.444 bits per heavy atom. The molecular weight excluding hydrogens is 462 g/mol. The van der Waals surface area contributed by atoms with Crippen molar-refractivity contribution in [2.75, 3.05) is 39.3 Å². The van der Waals surface area contributed by atoms with Gasteiger partial charge in [0.25, 0.3) is 0 Å². The van der Waals surface area contributed by atoms with Crippen molar-refractivity contribution in [3.8, 4) is 17.2 Å². The molecule has 0 atom stereocenters. The molecule has 3 aliphatic heterocycles. The minimum Gasteiger partial charge on any atom is -0.507 e. The number of nitrogens with zero attached hydrogens (tertiary/aromatic N) is 3. The van der Waals surface area contributed by atoms with Gasteiger partial charge in [0.2, 0.25) is 17.7 Å². The zero-order valence-corrected chi connectivity index (χ0v) is 21.1. The third-order valence-corrected chi connectivity index (χ3v) is 7.83. The highest BCUT2D eigenvalue weighted by atomic mass is 16.3. The van der Waals surface area contributed by atoms with E-state index >= 15 is 0 Å². The van der Waals surface area contributed by atoms with Crippen molar-refractivity contribution in [3.05, 3.63) is 16.7 Å². The van der Waals surface area contributed by atoms with Crippen molar-refractivity contribution in [2.45, 2.75) is 77.0 Å². The first kappa shape index (κ1) is 26.1. The van der Waals surface area contributed by atoms with E-state index in [1.807, 2.05) is 0 Å². The summed E-state index contributed by atoms with van der Waals surface area (Å²) in [6, 6.07) is 0. The molecule has 0 aliphatic carbocycles. The fraction of sp³-hybridized carbons (Fsp3) is 0.667. The highest BCUT2D eigenvalue weighted by molar-refractivity contribution is 5.87. The van der Waals surface area contributed by atoms with Crippen LogP contribution in [0.4, 0.5) is 0 Å². The Kier molecular flexibility index (Phi) is 8.59. The van der Waals surface area contributed by atoms with E-state index in [4.69, 9.17) is 0 Å². The average molecular weight is 502 g/mol. The van der Waals surface area contributed by atoms with Gasteiger partial charge in [0.05, 0.1) is 19.3 Å². The fourth-order valence-corrected chi connectivity index (χ4v) is 5.60. The molecule has 198 valence electrons. The number of aromatic hydroxyl groups is 3. The summed E-state index contributed by atoms with van der Waals surface area (Å²) >= 11 is 0. The molecule has 0 aromatic heterocycles. The Balaban J connectivity index is 1.65. The molecule has 9 nitrogen and oxygen atoms in total. The molecule has 3 heterocycles. The van der Waals surface area contributed by atoms with Crippen molar-refractivity contribution in [3.63, 3.8) is 0 Å². The van der Waals surface area contributed by atoms with Crippen molar-refractivity contribution < 1.29 is 29.7 Å². The standard InChI is InChI=1S/C27H39N3O6/c31-22(28-10-4-1-5-11-28)16-19-25(34)20(17-23(32)29-12-6-2-7-13-29)27(36)21(26(19)35)18-24(33)30-14-8-3-9-15-30/h34-36H,1-18H2. The van der Waals surface area contributed by atoms with Crippen LogP contribution in [0.1, 0.15) is 74.5 Å². The normalized spacial score (nSPS) is 18.8. The van der Waals surface area contributed by atoms with E-state index in [1.165, 1.54) is 0 Å². The molecule has 36 heavy (non-hydrogen) atoms. The van der Waals surface area contributed by atoms with Crippen LogP contribution in [0.3, 0.4) is 0 Å². The number of hydrogen-bond acceptors (Lipinski definition) is 6. The Bertz CT molecular complexity index is 831. The molecule has 3 amide bonds. The van der Waals surface area contributed by atoms with Gasteiger partial charge in [0.1, 0.15) is 17.2 Å². The minimum atomic E-state index is -0.435. The molecule has 0 spiro atoms. The number of carbonyl (C=O) groups is 3. The van der Waals surface area contributed by atoms with E-state index in [-0.39, 0.29) is 53.7 Å². The molecule has 3 N–H and O–H groups in total. The van der Waals surface area contributed by atoms with E-state index in [0.29, 0.717) is 39.3 Å². The van der Waals surface area contributed by atoms with Crippen molar-refractivity contribution >= 4 is 17.7 Å². The van der Waals surface area contributed by atoms with E-state index in [2.05, 4.69) is 0 Å². The Morgan fingerprint density at radius 2 is 0.667 bits per heavy atom. The van der Waals surface area contributed by atoms with Crippen LogP contribution < -0.4 is 0 Å². The first-order valence-corrected chi connectivity index (χ1v) is 13.5. The summed E-state index contributed by atoms with van der Waals surface area (Å²) in [5, 5.41) is 33.3. The summed E-state index contributed by atoms with van der Waals surface area (Å²) < 4.78 is 0. The summed E-state index contributed by atoms with van der Waals surface area (Å²) in [5.41, 5.74) is -0.0659. The zero-order chi connectivity index (χ0) is 25.7. The third-order valence-electron chi connectivity index (χ3n) is 7.83. The van der Waals surface area contributed by atoms with Gasteiger partial charge < -0.3 is 30.0 Å². The third kappa shape index (κ3) is 5.87. The van der Waals surface area contributed by atoms with E-state index in [0.717, 1.165) is 57.8 Å². The van der Waals surface area contributed by atoms with Crippen LogP contribution in [-0.2, 0) is 33.6 Å². The molecular formula is C27H39N3O6. The van der Waals surface area contributed by atoms with Crippen LogP contribution in [-0.4, -0.2) is 87.0 Å². The number of hydrogen-bond donors (Lipinski definition) is 3. The van der Waals surface area contributed by atoms with Crippen molar-refractivity contribution in [1.82, 2.24) is 14.7 Å². The molecule has 1 aromatic rings. The summed E-state index contributed by atoms with van der Waals surface area (Å²) in [6.45, 7) is 3.74. The van der Waals surface area contributed by atoms with Crippen LogP contribution in [0.2, 0.25) is 0 Å². The van der Waals surface area contributed by atoms with Gasteiger partial charge in [-0.1, -0.05) is 0 Å². The van der Waals surface area contributed by atoms with Crippen LogP contribution in [0.15, 0.2) is 0 Å². The van der Waals surface area contributed by atoms with Crippen molar-refractivity contribution in [1.29, 1.82) is 0 Å². The second kappa shape index (κ2) is 11.8. The summed E-state index contributed by atoms with van der Waals surface area (Å²) in [7, 11) is 0. The van der Waals surface area contributed by atoms with Crippen LogP contribution >= 0.6 is 0 Å². The molecule has 0 unspecified atom stereocenters. The predicted octanol–water partition coefficient (Wildman–Crippen LogP) is 2.47. The average Bonchev–Trinajstić information content (AvgIpc) is 2.92. The monoisotopic (exact) mass is 501 g/mol. The minimum absolute atomic E-state index is 0.0220. The lowest BCUT2D eigenvalue weighted by atomic mass is 9.93. The maximum absolute atomic E-state index is 13.0. The second-order valence-electron chi connectivity index (χ2n) is 10.3. The number of carbonyl (C=O) groups excluding carboxylic acids is 3. The van der Waals surface area contributed by atoms with Gasteiger partial charge in [0.15, 0.2) is 0 Å². The molecule has 0 saturated carbocycles. The van der Waals surface area contributed by atoms with Crippen LogP contribution in [0.25, 0.3) is 0 Å². The molecule has 0 bridgehead atoms. The molecule has 0 radical (unpaired) electrons. The van der Waals surface area contributed by atoms with Crippen molar-refractivity contribution in [2.24, 2.45) is 0 Å². The van der Waals surface area contributed by atoms with E-state index in [9.17, 15) is 29.7 Å². The number of likely N-dealkylation sites (tertiary alicyclic amines) is 3. The largest absolute Gasteiger partial charge is 0.507 e. The summed E-state index contributed by atoms with van der Waals surface area (Å²) in [5.74, 6) is -1.99. The molecule has 4 rings (SSSR count). The zero-order valence-electron chi connectivity index (χ0n) is 21.1. The smallest absolute Gasteiger partial charge is 0.227 e. The predicted molar refractivity (Wildman–Crippen MR) is 134 cm³/mol. The molecule has 1 aromatic carbocycles. The van der Waals surface area contributed by atoms with Gasteiger partial charge in [-0.25, -0.2) is 0 Å². The number of benzene rings is 1. The van der Waals surface area contributed by atoms with Gasteiger partial charge in [-0.3, -0.25) is 14.4 Å². The summed E-state index contributed by atoms with van der Waals surface area (Å²) in [6.07, 6.45) is 7.86. The maximum Gasteiger partial charge on any atom is 0.227 e. The Hall–Kier alpha value is -2.97. The lowest BCUT2D eigenvalue weighted by Crippen LogP contribution is -2.37. The second-order valence-corrected chi connectivity index (χ2v) is 10.3. The SMILES string of the molecule is O=C(Cc1c(O)c(CC(=O)N2CCCCC2)c(O)c(CC(=O)N2CCCCC2)c1O)N1CCCCC1. The van der Waals surface area contributed by atoms with Gasteiger partial charge in [0, 0.05) is 56.0 Å². The van der Waals surface area contributed by atoms with Crippen LogP contribution in [0.5, 0.6) is 17.2 Å². The van der Waals surface area contributed by atoms with E-state index in [1.54, 1.807) is 14.7 Å². The van der Waals surface area contributed by atoms with Gasteiger partial charge >= 0.3 is 0 Å². The number of phenolic OH excluding ortho intramolecular Hbond substituents is 3. The lowest BCUT2D eigenvalue weighted by molar-refractivity contribution is -0.132. The lowest BCUT2D eigenvalue weighted by Gasteiger charge is -2.29. The van der Waals surface area contributed by atoms with E-state index < -0.39 is 17.2 Å². The number of piperidine rings is 3.